The highest BCUT2D eigenvalue weighted by molar-refractivity contribution is 7.88. The Morgan fingerprint density at radius 2 is 2.04 bits per heavy atom. The number of piperidine rings is 1. The normalized spacial score (nSPS) is 18.6. The maximum atomic E-state index is 11.8. The van der Waals surface area contributed by atoms with E-state index in [2.05, 4.69) is 4.98 Å². The van der Waals surface area contributed by atoms with E-state index >= 15 is 0 Å². The minimum atomic E-state index is -3.15. The summed E-state index contributed by atoms with van der Waals surface area (Å²) in [5.41, 5.74) is 1.39. The molecule has 1 unspecified atom stereocenters. The standard InChI is InChI=1S/C18H23N3O4S/c1-25-18(22)16-7-5-15(6-8-16)17-19-9-11-20(17)12-14-4-3-10-21(13-14)26(2,23)24/h5-9,11,14H,3-4,10,12-13H2,1-2H3. The van der Waals surface area contributed by atoms with E-state index in [9.17, 15) is 13.2 Å². The fourth-order valence-electron chi connectivity index (χ4n) is 3.35. The Morgan fingerprint density at radius 1 is 1.31 bits per heavy atom. The van der Waals surface area contributed by atoms with Crippen LogP contribution in [0, 0.1) is 5.92 Å². The van der Waals surface area contributed by atoms with Crippen LogP contribution in [-0.2, 0) is 21.3 Å². The molecule has 3 rings (SSSR count). The van der Waals surface area contributed by atoms with Gasteiger partial charge in [0.15, 0.2) is 0 Å². The summed E-state index contributed by atoms with van der Waals surface area (Å²) in [5, 5.41) is 0. The number of aromatic nitrogens is 2. The molecule has 1 aromatic heterocycles. The molecule has 7 nitrogen and oxygen atoms in total. The summed E-state index contributed by atoms with van der Waals surface area (Å²) < 4.78 is 31.9. The quantitative estimate of drug-likeness (QED) is 0.745. The van der Waals surface area contributed by atoms with Gasteiger partial charge in [-0.3, -0.25) is 0 Å². The molecule has 26 heavy (non-hydrogen) atoms. The Morgan fingerprint density at radius 3 is 2.69 bits per heavy atom. The van der Waals surface area contributed by atoms with Crippen molar-refractivity contribution in [2.45, 2.75) is 19.4 Å². The molecule has 0 aliphatic carbocycles. The molecule has 140 valence electrons. The van der Waals surface area contributed by atoms with Crippen molar-refractivity contribution in [3.63, 3.8) is 0 Å². The Balaban J connectivity index is 1.75. The molecular weight excluding hydrogens is 354 g/mol. The first kappa shape index (κ1) is 18.6. The SMILES string of the molecule is COC(=O)c1ccc(-c2nccn2CC2CCCN(S(C)(=O)=O)C2)cc1. The molecule has 0 radical (unpaired) electrons. The number of hydrogen-bond acceptors (Lipinski definition) is 5. The molecule has 2 aromatic rings. The zero-order valence-corrected chi connectivity index (χ0v) is 15.8. The largest absolute Gasteiger partial charge is 0.465 e. The van der Waals surface area contributed by atoms with Crippen molar-refractivity contribution in [3.05, 3.63) is 42.2 Å². The number of hydrogen-bond donors (Lipinski definition) is 0. The number of carbonyl (C=O) groups is 1. The molecule has 1 saturated heterocycles. The average molecular weight is 377 g/mol. The van der Waals surface area contributed by atoms with E-state index in [-0.39, 0.29) is 11.9 Å². The summed E-state index contributed by atoms with van der Waals surface area (Å²) in [5.74, 6) is 0.682. The fourth-order valence-corrected chi connectivity index (χ4v) is 4.29. The number of esters is 1. The third kappa shape index (κ3) is 4.13. The molecule has 0 bridgehead atoms. The highest BCUT2D eigenvalue weighted by Crippen LogP contribution is 2.24. The van der Waals surface area contributed by atoms with Crippen molar-refractivity contribution in [3.8, 4) is 11.4 Å². The zero-order chi connectivity index (χ0) is 18.7. The van der Waals surface area contributed by atoms with Crippen LogP contribution >= 0.6 is 0 Å². The van der Waals surface area contributed by atoms with Gasteiger partial charge in [0, 0.05) is 37.6 Å². The summed E-state index contributed by atoms with van der Waals surface area (Å²) in [4.78, 5) is 16.0. The lowest BCUT2D eigenvalue weighted by atomic mass is 9.99. The topological polar surface area (TPSA) is 81.5 Å². The van der Waals surface area contributed by atoms with Crippen LogP contribution in [0.3, 0.4) is 0 Å². The monoisotopic (exact) mass is 377 g/mol. The smallest absolute Gasteiger partial charge is 0.337 e. The average Bonchev–Trinajstić information content (AvgIpc) is 3.09. The number of sulfonamides is 1. The number of ether oxygens (including phenoxy) is 1. The minimum absolute atomic E-state index is 0.251. The molecule has 1 aliphatic rings. The number of nitrogens with zero attached hydrogens (tertiary/aromatic N) is 3. The van der Waals surface area contributed by atoms with E-state index in [1.54, 1.807) is 22.6 Å². The number of rotatable bonds is 5. The van der Waals surface area contributed by atoms with Gasteiger partial charge in [0.1, 0.15) is 5.82 Å². The molecule has 1 atom stereocenters. The van der Waals surface area contributed by atoms with Crippen molar-refractivity contribution in [2.75, 3.05) is 26.5 Å². The van der Waals surface area contributed by atoms with Crippen molar-refractivity contribution >= 4 is 16.0 Å². The Labute approximate surface area is 153 Å². The molecule has 1 aromatic carbocycles. The van der Waals surface area contributed by atoms with Gasteiger partial charge in [-0.1, -0.05) is 12.1 Å². The second kappa shape index (κ2) is 7.59. The summed E-state index contributed by atoms with van der Waals surface area (Å²) in [6, 6.07) is 7.11. The van der Waals surface area contributed by atoms with Gasteiger partial charge in [-0.25, -0.2) is 22.5 Å². The van der Waals surface area contributed by atoms with Gasteiger partial charge in [-0.05, 0) is 30.9 Å². The van der Waals surface area contributed by atoms with E-state index < -0.39 is 10.0 Å². The number of benzene rings is 1. The fraction of sp³-hybridized carbons (Fsp3) is 0.444. The molecule has 1 fully saturated rings. The van der Waals surface area contributed by atoms with Crippen LogP contribution in [0.25, 0.3) is 11.4 Å². The van der Waals surface area contributed by atoms with E-state index in [0.29, 0.717) is 25.2 Å². The van der Waals surface area contributed by atoms with E-state index in [4.69, 9.17) is 4.74 Å². The van der Waals surface area contributed by atoms with Crippen molar-refractivity contribution in [1.29, 1.82) is 0 Å². The van der Waals surface area contributed by atoms with Crippen molar-refractivity contribution < 1.29 is 17.9 Å². The summed E-state index contributed by atoms with van der Waals surface area (Å²) in [7, 11) is -1.80. The molecule has 0 amide bonds. The van der Waals surface area contributed by atoms with Crippen molar-refractivity contribution in [1.82, 2.24) is 13.9 Å². The number of methoxy groups -OCH3 is 1. The maximum Gasteiger partial charge on any atom is 0.337 e. The van der Waals surface area contributed by atoms with Crippen LogP contribution in [-0.4, -0.2) is 54.7 Å². The Kier molecular flexibility index (Phi) is 5.43. The van der Waals surface area contributed by atoms with Crippen LogP contribution in [0.15, 0.2) is 36.7 Å². The summed E-state index contributed by atoms with van der Waals surface area (Å²) in [6.45, 7) is 1.85. The van der Waals surface area contributed by atoms with E-state index in [1.165, 1.54) is 13.4 Å². The van der Waals surface area contributed by atoms with Crippen molar-refractivity contribution in [2.24, 2.45) is 5.92 Å². The van der Waals surface area contributed by atoms with E-state index in [1.807, 2.05) is 22.9 Å². The van der Waals surface area contributed by atoms with Crippen LogP contribution in [0.5, 0.6) is 0 Å². The van der Waals surface area contributed by atoms with Gasteiger partial charge in [0.25, 0.3) is 0 Å². The molecule has 1 aliphatic heterocycles. The van der Waals surface area contributed by atoms with Crippen LogP contribution < -0.4 is 0 Å². The second-order valence-electron chi connectivity index (χ2n) is 6.60. The summed E-state index contributed by atoms with van der Waals surface area (Å²) >= 11 is 0. The second-order valence-corrected chi connectivity index (χ2v) is 8.58. The molecule has 2 heterocycles. The van der Waals surface area contributed by atoms with Gasteiger partial charge in [0.2, 0.25) is 10.0 Å². The molecule has 0 saturated carbocycles. The van der Waals surface area contributed by atoms with Gasteiger partial charge < -0.3 is 9.30 Å². The van der Waals surface area contributed by atoms with Gasteiger partial charge >= 0.3 is 5.97 Å². The Bertz CT molecular complexity index is 874. The molecule has 0 N–H and O–H groups in total. The lowest BCUT2D eigenvalue weighted by molar-refractivity contribution is 0.0600. The number of carbonyl (C=O) groups excluding carboxylic acids is 1. The number of imidazole rings is 1. The third-order valence-electron chi connectivity index (χ3n) is 4.69. The van der Waals surface area contributed by atoms with Crippen LogP contribution in [0.4, 0.5) is 0 Å². The third-order valence-corrected chi connectivity index (χ3v) is 5.95. The lowest BCUT2D eigenvalue weighted by Crippen LogP contribution is -2.40. The van der Waals surface area contributed by atoms with Crippen LogP contribution in [0.1, 0.15) is 23.2 Å². The first-order valence-electron chi connectivity index (χ1n) is 8.53. The first-order chi connectivity index (χ1) is 12.4. The highest BCUT2D eigenvalue weighted by Gasteiger charge is 2.26. The van der Waals surface area contributed by atoms with Crippen LogP contribution in [0.2, 0.25) is 0 Å². The highest BCUT2D eigenvalue weighted by atomic mass is 32.2. The lowest BCUT2D eigenvalue weighted by Gasteiger charge is -2.31. The predicted molar refractivity (Wildman–Crippen MR) is 98.1 cm³/mol. The first-order valence-corrected chi connectivity index (χ1v) is 10.4. The predicted octanol–water partition coefficient (Wildman–Crippen LogP) is 2.01. The Hall–Kier alpha value is -2.19. The molecular formula is C18H23N3O4S. The van der Waals surface area contributed by atoms with Gasteiger partial charge in [-0.15, -0.1) is 0 Å². The van der Waals surface area contributed by atoms with Gasteiger partial charge in [-0.2, -0.15) is 0 Å². The molecule has 0 spiro atoms. The molecule has 8 heteroatoms. The summed E-state index contributed by atoms with van der Waals surface area (Å²) in [6.07, 6.45) is 6.77. The maximum absolute atomic E-state index is 11.8. The van der Waals surface area contributed by atoms with E-state index in [0.717, 1.165) is 24.2 Å². The zero-order valence-electron chi connectivity index (χ0n) is 15.0. The minimum Gasteiger partial charge on any atom is -0.465 e. The van der Waals surface area contributed by atoms with Gasteiger partial charge in [0.05, 0.1) is 18.9 Å².